The van der Waals surface area contributed by atoms with Gasteiger partial charge < -0.3 is 9.80 Å². The van der Waals surface area contributed by atoms with Crippen LogP contribution in [0.1, 0.15) is 90.2 Å². The lowest BCUT2D eigenvalue weighted by Gasteiger charge is -2.54. The number of fused-ring (bicyclic) bond motifs is 10. The van der Waals surface area contributed by atoms with E-state index in [2.05, 4.69) is 141 Å². The standard InChI is InChI=1S/C46H45BN2/c1-43-26-11-13-28-45(43,3)48-36-20-15-21-37-40(36)47(34-24-22-32(38(43)41(34)48)30-16-7-5-8-17-30)35-25-23-33(31-18-9-6-10-19-31)39-42(35)49(37)46(4)29-14-12-27-44(39,46)2/h5-10,15-25H,11-14,26-29H2,1-4H3. The Bertz CT molecular complexity index is 2070. The van der Waals surface area contributed by atoms with Gasteiger partial charge in [0.15, 0.2) is 0 Å². The maximum absolute atomic E-state index is 2.89. The zero-order valence-corrected chi connectivity index (χ0v) is 29.4. The molecule has 4 unspecified atom stereocenters. The van der Waals surface area contributed by atoms with Gasteiger partial charge in [0.2, 0.25) is 0 Å². The van der Waals surface area contributed by atoms with Crippen LogP contribution in [0.4, 0.5) is 22.7 Å². The highest BCUT2D eigenvalue weighted by Gasteiger charge is 2.65. The Balaban J connectivity index is 1.27. The Morgan fingerprint density at radius 2 is 0.898 bits per heavy atom. The normalized spacial score (nSPS) is 29.6. The molecule has 5 aromatic carbocycles. The van der Waals surface area contributed by atoms with Gasteiger partial charge in [-0.1, -0.05) is 131 Å². The predicted molar refractivity (Wildman–Crippen MR) is 208 cm³/mol. The van der Waals surface area contributed by atoms with Crippen LogP contribution in [-0.4, -0.2) is 17.8 Å². The summed E-state index contributed by atoms with van der Waals surface area (Å²) >= 11 is 0. The minimum atomic E-state index is 0.0180. The van der Waals surface area contributed by atoms with Gasteiger partial charge in [0, 0.05) is 33.6 Å². The lowest BCUT2D eigenvalue weighted by molar-refractivity contribution is 0.194. The van der Waals surface area contributed by atoms with Gasteiger partial charge >= 0.3 is 0 Å². The van der Waals surface area contributed by atoms with Crippen LogP contribution in [-0.2, 0) is 10.8 Å². The van der Waals surface area contributed by atoms with Crippen LogP contribution in [0.15, 0.2) is 103 Å². The number of benzene rings is 5. The summed E-state index contributed by atoms with van der Waals surface area (Å²) in [4.78, 5) is 5.78. The van der Waals surface area contributed by atoms with Crippen molar-refractivity contribution in [1.82, 2.24) is 0 Å². The topological polar surface area (TPSA) is 6.48 Å². The Morgan fingerprint density at radius 1 is 0.469 bits per heavy atom. The number of nitrogens with zero attached hydrogens (tertiary/aromatic N) is 2. The lowest BCUT2D eigenvalue weighted by atomic mass is 9.33. The highest BCUT2D eigenvalue weighted by Crippen LogP contribution is 2.66. The third-order valence-electron chi connectivity index (χ3n) is 15.1. The Kier molecular flexibility index (Phi) is 5.43. The van der Waals surface area contributed by atoms with Crippen molar-refractivity contribution in [2.75, 3.05) is 9.80 Å². The number of anilines is 4. The van der Waals surface area contributed by atoms with Crippen LogP contribution in [0.2, 0.25) is 0 Å². The molecule has 0 amide bonds. The minimum Gasteiger partial charge on any atom is -0.335 e. The van der Waals surface area contributed by atoms with Crippen molar-refractivity contribution in [2.24, 2.45) is 0 Å². The molecule has 0 saturated heterocycles. The van der Waals surface area contributed by atoms with E-state index in [0.29, 0.717) is 0 Å². The van der Waals surface area contributed by atoms with Gasteiger partial charge in [-0.3, -0.25) is 0 Å². The first-order valence-electron chi connectivity index (χ1n) is 19.0. The van der Waals surface area contributed by atoms with Crippen molar-refractivity contribution in [2.45, 2.75) is 101 Å². The summed E-state index contributed by atoms with van der Waals surface area (Å²) < 4.78 is 0. The molecule has 3 heteroatoms. The van der Waals surface area contributed by atoms with Gasteiger partial charge in [-0.05, 0) is 101 Å². The smallest absolute Gasteiger partial charge is 0.252 e. The van der Waals surface area contributed by atoms with Gasteiger partial charge in [0.25, 0.3) is 6.71 Å². The maximum atomic E-state index is 2.89. The van der Waals surface area contributed by atoms with E-state index < -0.39 is 0 Å². The highest BCUT2D eigenvalue weighted by molar-refractivity contribution is 7.00. The van der Waals surface area contributed by atoms with E-state index in [4.69, 9.17) is 0 Å². The largest absolute Gasteiger partial charge is 0.335 e. The average molecular weight is 637 g/mol. The van der Waals surface area contributed by atoms with Crippen LogP contribution < -0.4 is 26.2 Å². The second kappa shape index (κ2) is 9.30. The SMILES string of the molecule is CC12CCCCC1(C)N1c3cccc4c3B(c3ccc(-c5ccccc5)c2c31)c1ccc(-c2ccccc2)c2c1N4C1(C)CCCCC21C. The lowest BCUT2D eigenvalue weighted by Crippen LogP contribution is -2.66. The summed E-state index contributed by atoms with van der Waals surface area (Å²) in [5, 5.41) is 0. The molecule has 2 fully saturated rings. The maximum Gasteiger partial charge on any atom is 0.252 e. The first-order chi connectivity index (χ1) is 23.8. The summed E-state index contributed by atoms with van der Waals surface area (Å²) in [6.45, 7) is 10.7. The Labute approximate surface area is 292 Å². The second-order valence-corrected chi connectivity index (χ2v) is 17.0. The van der Waals surface area contributed by atoms with Gasteiger partial charge in [-0.25, -0.2) is 0 Å². The monoisotopic (exact) mass is 636 g/mol. The van der Waals surface area contributed by atoms with Crippen molar-refractivity contribution < 1.29 is 0 Å². The summed E-state index contributed by atoms with van der Waals surface area (Å²) in [5.41, 5.74) is 19.5. The Hall–Kier alpha value is -4.24. The third-order valence-corrected chi connectivity index (χ3v) is 15.1. The zero-order chi connectivity index (χ0) is 32.9. The molecule has 2 nitrogen and oxygen atoms in total. The Morgan fingerprint density at radius 3 is 1.35 bits per heavy atom. The van der Waals surface area contributed by atoms with E-state index in [0.717, 1.165) is 0 Å². The van der Waals surface area contributed by atoms with Gasteiger partial charge in [-0.15, -0.1) is 0 Å². The summed E-state index contributed by atoms with van der Waals surface area (Å²) in [5.74, 6) is 0. The average Bonchev–Trinajstić information content (AvgIpc) is 3.49. The summed E-state index contributed by atoms with van der Waals surface area (Å²) in [6.07, 6.45) is 10.1. The van der Waals surface area contributed by atoms with E-state index in [1.807, 2.05) is 0 Å². The van der Waals surface area contributed by atoms with E-state index >= 15 is 0 Å². The summed E-state index contributed by atoms with van der Waals surface area (Å²) in [6, 6.07) is 40.0. The van der Waals surface area contributed by atoms with Crippen molar-refractivity contribution in [3.05, 3.63) is 114 Å². The molecule has 0 spiro atoms. The van der Waals surface area contributed by atoms with Gasteiger partial charge in [0.1, 0.15) is 0 Å². The molecular formula is C46H45BN2. The molecule has 6 aliphatic rings. The molecule has 4 heterocycles. The molecule has 242 valence electrons. The van der Waals surface area contributed by atoms with Crippen LogP contribution in [0, 0.1) is 0 Å². The van der Waals surface area contributed by atoms with Crippen LogP contribution in [0.3, 0.4) is 0 Å². The zero-order valence-electron chi connectivity index (χ0n) is 29.4. The molecule has 2 aliphatic carbocycles. The van der Waals surface area contributed by atoms with Crippen molar-refractivity contribution in [3.8, 4) is 22.3 Å². The number of rotatable bonds is 2. The molecule has 4 atom stereocenters. The molecule has 0 bridgehead atoms. The van der Waals surface area contributed by atoms with E-state index in [1.54, 1.807) is 16.6 Å². The molecule has 4 aliphatic heterocycles. The molecule has 0 radical (unpaired) electrons. The fraction of sp³-hybridized carbons (Fsp3) is 0.348. The molecule has 2 saturated carbocycles. The van der Waals surface area contributed by atoms with Crippen LogP contribution in [0.5, 0.6) is 0 Å². The number of hydrogen-bond donors (Lipinski definition) is 0. The van der Waals surface area contributed by atoms with Gasteiger partial charge in [-0.2, -0.15) is 0 Å². The fourth-order valence-corrected chi connectivity index (χ4v) is 12.5. The van der Waals surface area contributed by atoms with E-state index in [-0.39, 0.29) is 28.6 Å². The van der Waals surface area contributed by atoms with Crippen molar-refractivity contribution >= 4 is 45.9 Å². The molecule has 0 N–H and O–H groups in total. The molecule has 0 aromatic heterocycles. The van der Waals surface area contributed by atoms with Gasteiger partial charge in [0.05, 0.1) is 11.1 Å². The van der Waals surface area contributed by atoms with E-state index in [1.165, 1.54) is 107 Å². The van der Waals surface area contributed by atoms with Crippen molar-refractivity contribution in [1.29, 1.82) is 0 Å². The van der Waals surface area contributed by atoms with Crippen LogP contribution in [0.25, 0.3) is 22.3 Å². The molecule has 11 rings (SSSR count). The quantitative estimate of drug-likeness (QED) is 0.178. The summed E-state index contributed by atoms with van der Waals surface area (Å²) in [7, 11) is 0. The molecule has 49 heavy (non-hydrogen) atoms. The minimum absolute atomic E-state index is 0.0180. The highest BCUT2D eigenvalue weighted by atomic mass is 15.3. The first kappa shape index (κ1) is 28.6. The predicted octanol–water partition coefficient (Wildman–Crippen LogP) is 9.65. The second-order valence-electron chi connectivity index (χ2n) is 17.0. The van der Waals surface area contributed by atoms with Crippen molar-refractivity contribution in [3.63, 3.8) is 0 Å². The third kappa shape index (κ3) is 3.15. The number of hydrogen-bond acceptors (Lipinski definition) is 2. The molecular weight excluding hydrogens is 591 g/mol. The first-order valence-corrected chi connectivity index (χ1v) is 19.0. The molecule has 5 aromatic rings. The fourth-order valence-electron chi connectivity index (χ4n) is 12.5. The van der Waals surface area contributed by atoms with E-state index in [9.17, 15) is 0 Å². The van der Waals surface area contributed by atoms with Crippen LogP contribution >= 0.6 is 0 Å².